The molecule has 24 heavy (non-hydrogen) atoms. The van der Waals surface area contributed by atoms with Crippen molar-refractivity contribution in [3.8, 4) is 5.75 Å². The summed E-state index contributed by atoms with van der Waals surface area (Å²) in [5.74, 6) is 0.173. The van der Waals surface area contributed by atoms with Gasteiger partial charge in [0.05, 0.1) is 18.5 Å². The van der Waals surface area contributed by atoms with E-state index in [4.69, 9.17) is 4.74 Å². The predicted octanol–water partition coefficient (Wildman–Crippen LogP) is 2.88. The van der Waals surface area contributed by atoms with Gasteiger partial charge in [-0.3, -0.25) is 9.78 Å². The molecule has 1 unspecified atom stereocenters. The van der Waals surface area contributed by atoms with E-state index < -0.39 is 5.97 Å². The number of fused-ring (bicyclic) bond motifs is 1. The predicted molar refractivity (Wildman–Crippen MR) is 93.3 cm³/mol. The number of carbonyl (C=O) groups is 1. The van der Waals surface area contributed by atoms with Crippen LogP contribution in [-0.2, 0) is 11.2 Å². The summed E-state index contributed by atoms with van der Waals surface area (Å²) in [7, 11) is 1.67. The number of piperidine rings is 1. The highest BCUT2D eigenvalue weighted by atomic mass is 16.5. The Morgan fingerprint density at radius 3 is 3.08 bits per heavy atom. The molecule has 0 amide bonds. The van der Waals surface area contributed by atoms with Crippen molar-refractivity contribution in [2.45, 2.75) is 25.7 Å². The summed E-state index contributed by atoms with van der Waals surface area (Å²) in [4.78, 5) is 15.8. The number of rotatable bonds is 6. The molecule has 0 saturated carbocycles. The third kappa shape index (κ3) is 3.67. The number of hydrogen-bond acceptors (Lipinski definition) is 4. The lowest BCUT2D eigenvalue weighted by atomic mass is 9.82. The molecule has 3 rings (SSSR count). The fourth-order valence-corrected chi connectivity index (χ4v) is 3.63. The van der Waals surface area contributed by atoms with E-state index in [2.05, 4.69) is 16.4 Å². The molecular formula is C19H24N2O3. The topological polar surface area (TPSA) is 71.5 Å². The van der Waals surface area contributed by atoms with Crippen molar-refractivity contribution in [1.82, 2.24) is 10.3 Å². The zero-order chi connectivity index (χ0) is 16.9. The van der Waals surface area contributed by atoms with Crippen molar-refractivity contribution in [2.24, 2.45) is 11.8 Å². The van der Waals surface area contributed by atoms with Gasteiger partial charge in [0.1, 0.15) is 5.75 Å². The van der Waals surface area contributed by atoms with Gasteiger partial charge in [-0.25, -0.2) is 0 Å². The van der Waals surface area contributed by atoms with Crippen LogP contribution in [0.1, 0.15) is 24.8 Å². The van der Waals surface area contributed by atoms with Crippen molar-refractivity contribution in [3.63, 3.8) is 0 Å². The van der Waals surface area contributed by atoms with E-state index in [9.17, 15) is 9.90 Å². The number of benzene rings is 1. The van der Waals surface area contributed by atoms with Crippen LogP contribution in [0.15, 0.2) is 30.5 Å². The van der Waals surface area contributed by atoms with E-state index in [1.54, 1.807) is 7.11 Å². The first-order valence-electron chi connectivity index (χ1n) is 8.54. The monoisotopic (exact) mass is 328 g/mol. The van der Waals surface area contributed by atoms with Crippen LogP contribution in [-0.4, -0.2) is 36.3 Å². The van der Waals surface area contributed by atoms with Gasteiger partial charge in [-0.05, 0) is 68.0 Å². The van der Waals surface area contributed by atoms with Gasteiger partial charge in [0, 0.05) is 18.1 Å². The van der Waals surface area contributed by atoms with Crippen molar-refractivity contribution in [3.05, 3.63) is 36.0 Å². The molecule has 2 aromatic rings. The number of hydrogen-bond donors (Lipinski definition) is 2. The Bertz CT molecular complexity index is 717. The van der Waals surface area contributed by atoms with Crippen LogP contribution in [0.4, 0.5) is 0 Å². The van der Waals surface area contributed by atoms with Gasteiger partial charge in [0.25, 0.3) is 0 Å². The lowest BCUT2D eigenvalue weighted by Crippen LogP contribution is -2.40. The number of aliphatic carboxylic acids is 1. The highest BCUT2D eigenvalue weighted by Crippen LogP contribution is 2.27. The molecular weight excluding hydrogens is 304 g/mol. The molecule has 0 spiro atoms. The maximum atomic E-state index is 11.4. The number of pyridine rings is 1. The van der Waals surface area contributed by atoms with Gasteiger partial charge in [-0.1, -0.05) is 0 Å². The Kier molecular flexibility index (Phi) is 5.30. The van der Waals surface area contributed by atoms with Crippen LogP contribution in [0.3, 0.4) is 0 Å². The summed E-state index contributed by atoms with van der Waals surface area (Å²) < 4.78 is 5.32. The maximum absolute atomic E-state index is 11.4. The fraction of sp³-hybridized carbons (Fsp3) is 0.474. The molecule has 5 nitrogen and oxygen atoms in total. The van der Waals surface area contributed by atoms with Gasteiger partial charge < -0.3 is 15.2 Å². The first-order chi connectivity index (χ1) is 11.7. The third-order valence-electron chi connectivity index (χ3n) is 5.00. The normalized spacial score (nSPS) is 20.9. The molecule has 0 aliphatic carbocycles. The molecule has 1 aliphatic heterocycles. The summed E-state index contributed by atoms with van der Waals surface area (Å²) in [6.45, 7) is 1.51. The number of aryl methyl sites for hydroxylation is 1. The number of carboxylic acids is 1. The Hall–Kier alpha value is -2.14. The van der Waals surface area contributed by atoms with Gasteiger partial charge in [-0.2, -0.15) is 0 Å². The molecule has 1 fully saturated rings. The summed E-state index contributed by atoms with van der Waals surface area (Å²) in [6, 6.07) is 7.98. The van der Waals surface area contributed by atoms with Crippen LogP contribution < -0.4 is 10.1 Å². The van der Waals surface area contributed by atoms with Gasteiger partial charge in [-0.15, -0.1) is 0 Å². The van der Waals surface area contributed by atoms with Crippen molar-refractivity contribution >= 4 is 16.9 Å². The average molecular weight is 328 g/mol. The van der Waals surface area contributed by atoms with E-state index in [-0.39, 0.29) is 11.8 Å². The minimum absolute atomic E-state index is 0.256. The third-order valence-corrected chi connectivity index (χ3v) is 5.00. The zero-order valence-electron chi connectivity index (χ0n) is 14.0. The van der Waals surface area contributed by atoms with Crippen LogP contribution in [0, 0.1) is 11.8 Å². The molecule has 1 aromatic carbocycles. The number of nitrogens with zero attached hydrogens (tertiary/aromatic N) is 1. The number of ether oxygens (including phenoxy) is 1. The molecule has 2 atom stereocenters. The second-order valence-corrected chi connectivity index (χ2v) is 6.44. The van der Waals surface area contributed by atoms with Crippen molar-refractivity contribution in [1.29, 1.82) is 0 Å². The van der Waals surface area contributed by atoms with E-state index in [1.807, 2.05) is 24.4 Å². The van der Waals surface area contributed by atoms with Crippen LogP contribution in [0.25, 0.3) is 10.9 Å². The highest BCUT2D eigenvalue weighted by molar-refractivity contribution is 5.83. The van der Waals surface area contributed by atoms with Crippen molar-refractivity contribution in [2.75, 3.05) is 20.2 Å². The smallest absolute Gasteiger partial charge is 0.308 e. The first kappa shape index (κ1) is 16.7. The molecule has 0 bridgehead atoms. The molecule has 1 saturated heterocycles. The van der Waals surface area contributed by atoms with Crippen LogP contribution in [0.5, 0.6) is 5.75 Å². The Morgan fingerprint density at radius 1 is 1.42 bits per heavy atom. The van der Waals surface area contributed by atoms with Crippen molar-refractivity contribution < 1.29 is 14.6 Å². The second-order valence-electron chi connectivity index (χ2n) is 6.44. The molecule has 1 aliphatic rings. The standard InChI is InChI=1S/C19H24N2O3/c1-24-15-5-6-18-16(11-15)13(8-10-21-18)3-2-4-14-7-9-20-12-17(14)19(22)23/h5-6,8,10-11,14,17,20H,2-4,7,9,12H2,1H3,(H,22,23)/t14-,17?/m1/s1. The van der Waals surface area contributed by atoms with Gasteiger partial charge in [0.2, 0.25) is 0 Å². The largest absolute Gasteiger partial charge is 0.497 e. The summed E-state index contributed by atoms with van der Waals surface area (Å²) in [6.07, 6.45) is 5.66. The fourth-order valence-electron chi connectivity index (χ4n) is 3.63. The summed E-state index contributed by atoms with van der Waals surface area (Å²) in [5, 5.41) is 13.7. The van der Waals surface area contributed by atoms with Gasteiger partial charge >= 0.3 is 5.97 Å². The molecule has 0 radical (unpaired) electrons. The first-order valence-corrected chi connectivity index (χ1v) is 8.54. The molecule has 128 valence electrons. The minimum Gasteiger partial charge on any atom is -0.497 e. The number of nitrogens with one attached hydrogen (secondary N) is 1. The van der Waals surface area contributed by atoms with Crippen LogP contribution in [0.2, 0.25) is 0 Å². The van der Waals surface area contributed by atoms with Crippen LogP contribution >= 0.6 is 0 Å². The average Bonchev–Trinajstić information content (AvgIpc) is 2.61. The molecule has 2 N–H and O–H groups in total. The number of aromatic nitrogens is 1. The molecule has 5 heteroatoms. The number of methoxy groups -OCH3 is 1. The maximum Gasteiger partial charge on any atom is 0.308 e. The van der Waals surface area contributed by atoms with E-state index in [0.29, 0.717) is 6.54 Å². The molecule has 2 heterocycles. The Labute approximate surface area is 142 Å². The Morgan fingerprint density at radius 2 is 2.29 bits per heavy atom. The Balaban J connectivity index is 1.68. The van der Waals surface area contributed by atoms with Gasteiger partial charge in [0.15, 0.2) is 0 Å². The SMILES string of the molecule is COc1ccc2nccc(CCC[C@@H]3CCNCC3C(=O)O)c2c1. The zero-order valence-corrected chi connectivity index (χ0v) is 14.0. The second kappa shape index (κ2) is 7.62. The lowest BCUT2D eigenvalue weighted by Gasteiger charge is -2.29. The highest BCUT2D eigenvalue weighted by Gasteiger charge is 2.30. The van der Waals surface area contributed by atoms with E-state index in [1.165, 1.54) is 5.56 Å². The lowest BCUT2D eigenvalue weighted by molar-refractivity contribution is -0.144. The summed E-state index contributed by atoms with van der Waals surface area (Å²) in [5.41, 5.74) is 2.22. The number of carboxylic acid groups (broad SMARTS) is 1. The van der Waals surface area contributed by atoms with E-state index in [0.717, 1.165) is 48.9 Å². The molecule has 1 aromatic heterocycles. The quantitative estimate of drug-likeness (QED) is 0.853. The minimum atomic E-state index is -0.675. The summed E-state index contributed by atoms with van der Waals surface area (Å²) >= 11 is 0. The van der Waals surface area contributed by atoms with E-state index >= 15 is 0 Å².